The van der Waals surface area contributed by atoms with Crippen molar-refractivity contribution in [3.8, 4) is 5.95 Å². The van der Waals surface area contributed by atoms with E-state index < -0.39 is 10.0 Å². The van der Waals surface area contributed by atoms with Gasteiger partial charge in [0, 0.05) is 12.4 Å². The van der Waals surface area contributed by atoms with E-state index in [-0.39, 0.29) is 10.8 Å². The first kappa shape index (κ1) is 9.74. The van der Waals surface area contributed by atoms with Crippen LogP contribution in [0.1, 0.15) is 0 Å². The van der Waals surface area contributed by atoms with Crippen LogP contribution in [-0.4, -0.2) is 28.2 Å². The van der Waals surface area contributed by atoms with Crippen molar-refractivity contribution in [1.82, 2.24) is 19.7 Å². The standard InChI is InChI=1S/C7H7N5O2S/c8-15(13,14)6-4-11-12(5-6)7-9-2-1-3-10-7/h1-5H,(H2,8,13,14). The molecule has 78 valence electrons. The van der Waals surface area contributed by atoms with Crippen molar-refractivity contribution >= 4 is 10.0 Å². The van der Waals surface area contributed by atoms with Crippen molar-refractivity contribution < 1.29 is 8.42 Å². The van der Waals surface area contributed by atoms with Crippen molar-refractivity contribution in [2.45, 2.75) is 4.90 Å². The van der Waals surface area contributed by atoms with Crippen molar-refractivity contribution in [2.75, 3.05) is 0 Å². The van der Waals surface area contributed by atoms with Crippen LogP contribution in [-0.2, 0) is 10.0 Å². The summed E-state index contributed by atoms with van der Waals surface area (Å²) in [6.45, 7) is 0. The van der Waals surface area contributed by atoms with Gasteiger partial charge in [-0.05, 0) is 6.07 Å². The largest absolute Gasteiger partial charge is 0.250 e. The minimum absolute atomic E-state index is 0.0741. The van der Waals surface area contributed by atoms with Crippen molar-refractivity contribution in [3.63, 3.8) is 0 Å². The maximum absolute atomic E-state index is 11.0. The average molecular weight is 225 g/mol. The highest BCUT2D eigenvalue weighted by atomic mass is 32.2. The number of hydrogen-bond acceptors (Lipinski definition) is 5. The van der Waals surface area contributed by atoms with Gasteiger partial charge in [0.2, 0.25) is 16.0 Å². The van der Waals surface area contributed by atoms with Crippen LogP contribution in [0.3, 0.4) is 0 Å². The molecule has 2 N–H and O–H groups in total. The number of rotatable bonds is 2. The van der Waals surface area contributed by atoms with E-state index >= 15 is 0 Å². The highest BCUT2D eigenvalue weighted by Gasteiger charge is 2.11. The molecule has 0 unspecified atom stereocenters. The molecular weight excluding hydrogens is 218 g/mol. The molecule has 0 aliphatic rings. The van der Waals surface area contributed by atoms with Crippen molar-refractivity contribution in [3.05, 3.63) is 30.9 Å². The van der Waals surface area contributed by atoms with E-state index in [1.807, 2.05) is 0 Å². The third kappa shape index (κ3) is 2.00. The molecule has 8 heteroatoms. The molecular formula is C7H7N5O2S. The molecule has 2 heterocycles. The van der Waals surface area contributed by atoms with Gasteiger partial charge < -0.3 is 0 Å². The molecule has 0 fully saturated rings. The minimum Gasteiger partial charge on any atom is -0.225 e. The molecule has 7 nitrogen and oxygen atoms in total. The maximum Gasteiger partial charge on any atom is 0.250 e. The molecule has 0 aliphatic carbocycles. The number of primary sulfonamides is 1. The lowest BCUT2D eigenvalue weighted by molar-refractivity contribution is 0.598. The fraction of sp³-hybridized carbons (Fsp3) is 0. The van der Waals surface area contributed by atoms with Gasteiger partial charge in [0.15, 0.2) is 0 Å². The predicted octanol–water partition coefficient (Wildman–Crippen LogP) is -0.690. The van der Waals surface area contributed by atoms with Crippen LogP contribution in [0.2, 0.25) is 0 Å². The molecule has 2 aromatic rings. The molecule has 0 aliphatic heterocycles. The molecule has 0 radical (unpaired) electrons. The molecule has 15 heavy (non-hydrogen) atoms. The predicted molar refractivity (Wildman–Crippen MR) is 50.5 cm³/mol. The average Bonchev–Trinajstić information content (AvgIpc) is 2.67. The smallest absolute Gasteiger partial charge is 0.225 e. The lowest BCUT2D eigenvalue weighted by Gasteiger charge is -1.95. The summed E-state index contributed by atoms with van der Waals surface area (Å²) < 4.78 is 23.2. The molecule has 0 aromatic carbocycles. The topological polar surface area (TPSA) is 104 Å². The van der Waals surface area contributed by atoms with Crippen LogP contribution in [0.25, 0.3) is 5.95 Å². The quantitative estimate of drug-likeness (QED) is 0.728. The summed E-state index contributed by atoms with van der Waals surface area (Å²) in [5.74, 6) is 0.285. The fourth-order valence-electron chi connectivity index (χ4n) is 0.972. The number of nitrogens with zero attached hydrogens (tertiary/aromatic N) is 4. The fourth-order valence-corrected chi connectivity index (χ4v) is 1.41. The Morgan fingerprint density at radius 1 is 1.27 bits per heavy atom. The monoisotopic (exact) mass is 225 g/mol. The first-order valence-corrected chi connectivity index (χ1v) is 5.47. The van der Waals surface area contributed by atoms with E-state index in [1.165, 1.54) is 23.3 Å². The zero-order chi connectivity index (χ0) is 10.9. The third-order valence-electron chi connectivity index (χ3n) is 1.64. The van der Waals surface area contributed by atoms with Crippen molar-refractivity contribution in [1.29, 1.82) is 0 Å². The summed E-state index contributed by atoms with van der Waals surface area (Å²) >= 11 is 0. The van der Waals surface area contributed by atoms with Gasteiger partial charge in [0.25, 0.3) is 0 Å². The number of aromatic nitrogens is 4. The molecule has 0 bridgehead atoms. The summed E-state index contributed by atoms with van der Waals surface area (Å²) in [5.41, 5.74) is 0. The van der Waals surface area contributed by atoms with Crippen molar-refractivity contribution in [2.24, 2.45) is 5.14 Å². The van der Waals surface area contributed by atoms with Gasteiger partial charge in [-0.1, -0.05) is 0 Å². The first-order valence-electron chi connectivity index (χ1n) is 3.92. The van der Waals surface area contributed by atoms with Crippen LogP contribution in [0.4, 0.5) is 0 Å². The van der Waals surface area contributed by atoms with Crippen LogP contribution in [0.5, 0.6) is 0 Å². The lowest BCUT2D eigenvalue weighted by atomic mass is 10.7. The van der Waals surface area contributed by atoms with Gasteiger partial charge in [-0.25, -0.2) is 28.2 Å². The Morgan fingerprint density at radius 3 is 2.47 bits per heavy atom. The highest BCUT2D eigenvalue weighted by Crippen LogP contribution is 2.06. The Balaban J connectivity index is 2.46. The summed E-state index contributed by atoms with van der Waals surface area (Å²) in [5, 5.41) is 8.71. The second kappa shape index (κ2) is 3.41. The summed E-state index contributed by atoms with van der Waals surface area (Å²) in [6.07, 6.45) is 5.46. The summed E-state index contributed by atoms with van der Waals surface area (Å²) in [4.78, 5) is 7.72. The van der Waals surface area contributed by atoms with E-state index in [0.717, 1.165) is 6.20 Å². The second-order valence-electron chi connectivity index (χ2n) is 2.71. The highest BCUT2D eigenvalue weighted by molar-refractivity contribution is 7.89. The van der Waals surface area contributed by atoms with Crippen LogP contribution < -0.4 is 5.14 Å². The van der Waals surface area contributed by atoms with Gasteiger partial charge in [0.1, 0.15) is 4.90 Å². The van der Waals surface area contributed by atoms with Gasteiger partial charge in [0.05, 0.1) is 12.4 Å². The second-order valence-corrected chi connectivity index (χ2v) is 4.28. The molecule has 2 rings (SSSR count). The minimum atomic E-state index is -3.73. The Kier molecular flexibility index (Phi) is 2.21. The zero-order valence-electron chi connectivity index (χ0n) is 7.48. The molecule has 0 amide bonds. The molecule has 0 spiro atoms. The Labute approximate surface area is 85.6 Å². The third-order valence-corrected chi connectivity index (χ3v) is 2.51. The van der Waals surface area contributed by atoms with Gasteiger partial charge in [-0.15, -0.1) is 0 Å². The number of nitrogens with two attached hydrogens (primary N) is 1. The van der Waals surface area contributed by atoms with Gasteiger partial charge >= 0.3 is 0 Å². The lowest BCUT2D eigenvalue weighted by Crippen LogP contribution is -2.11. The van der Waals surface area contributed by atoms with Crippen LogP contribution >= 0.6 is 0 Å². The van der Waals surface area contributed by atoms with Crippen LogP contribution in [0, 0.1) is 0 Å². The van der Waals surface area contributed by atoms with E-state index in [4.69, 9.17) is 5.14 Å². The molecule has 0 saturated carbocycles. The SMILES string of the molecule is NS(=O)(=O)c1cnn(-c2ncccn2)c1. The normalized spacial score (nSPS) is 11.5. The zero-order valence-corrected chi connectivity index (χ0v) is 8.29. The summed E-state index contributed by atoms with van der Waals surface area (Å²) in [7, 11) is -3.73. The first-order chi connectivity index (χ1) is 7.07. The van der Waals surface area contributed by atoms with E-state index in [2.05, 4.69) is 15.1 Å². The Bertz CT molecular complexity index is 562. The van der Waals surface area contributed by atoms with E-state index in [1.54, 1.807) is 6.07 Å². The Hall–Kier alpha value is -1.80. The van der Waals surface area contributed by atoms with E-state index in [9.17, 15) is 8.42 Å². The van der Waals surface area contributed by atoms with Crippen LogP contribution in [0.15, 0.2) is 35.7 Å². The van der Waals surface area contributed by atoms with E-state index in [0.29, 0.717) is 0 Å². The molecule has 0 atom stereocenters. The maximum atomic E-state index is 11.0. The van der Waals surface area contributed by atoms with Gasteiger partial charge in [-0.3, -0.25) is 0 Å². The molecule has 2 aromatic heterocycles. The number of sulfonamides is 1. The number of hydrogen-bond donors (Lipinski definition) is 1. The molecule has 0 saturated heterocycles. The summed E-state index contributed by atoms with van der Waals surface area (Å²) in [6, 6.07) is 1.65. The van der Waals surface area contributed by atoms with Gasteiger partial charge in [-0.2, -0.15) is 5.10 Å². The Morgan fingerprint density at radius 2 is 1.93 bits per heavy atom.